The number of hydrogen-bond acceptors (Lipinski definition) is 6. The third-order valence-electron chi connectivity index (χ3n) is 8.48. The lowest BCUT2D eigenvalue weighted by atomic mass is 9.87. The highest BCUT2D eigenvalue weighted by atomic mass is 32.1. The number of rotatable bonds is 9. The van der Waals surface area contributed by atoms with Crippen LogP contribution in [0, 0.1) is 18.8 Å². The smallest absolute Gasteiger partial charge is 0.410 e. The first-order valence-electron chi connectivity index (χ1n) is 16.4. The number of benzene rings is 3. The average molecular weight is 652 g/mol. The SMILES string of the molecule is CC#C[C@@H](CC(=O)OCC)c1ccc(OCc2ccc3scc(-c4ccc(C5CCN(C(=O)OC(C)(C)C)CC5)cc4C)c3c2)cc1. The summed E-state index contributed by atoms with van der Waals surface area (Å²) in [4.78, 5) is 26.4. The van der Waals surface area contributed by atoms with Gasteiger partial charge in [0, 0.05) is 28.7 Å². The van der Waals surface area contributed by atoms with Crippen molar-refractivity contribution >= 4 is 33.5 Å². The Bertz CT molecular complexity index is 1760. The van der Waals surface area contributed by atoms with E-state index in [1.807, 2.05) is 56.9 Å². The van der Waals surface area contributed by atoms with Crippen molar-refractivity contribution in [1.82, 2.24) is 4.90 Å². The maximum absolute atomic E-state index is 12.5. The number of likely N-dealkylation sites (tertiary alicyclic amines) is 1. The standard InChI is InChI=1S/C40H45NO5S/c1-7-9-31(24-38(42)44-8-2)29-11-14-33(15-12-29)45-25-28-10-17-37-35(23-28)36(26-47-37)34-16-13-32(22-27(34)3)30-18-20-41(21-19-30)39(43)46-40(4,5)6/h10-17,22-23,26,30-31H,8,18-21,24-25H2,1-6H3/t31-/m0/s1. The van der Waals surface area contributed by atoms with E-state index in [1.165, 1.54) is 32.3 Å². The van der Waals surface area contributed by atoms with Crippen LogP contribution in [0.15, 0.2) is 66.0 Å². The number of ether oxygens (including phenoxy) is 3. The summed E-state index contributed by atoms with van der Waals surface area (Å²) in [5, 5.41) is 3.48. The molecular weight excluding hydrogens is 607 g/mol. The van der Waals surface area contributed by atoms with E-state index in [9.17, 15) is 9.59 Å². The molecule has 0 bridgehead atoms. The summed E-state index contributed by atoms with van der Waals surface area (Å²) < 4.78 is 18.1. The Balaban J connectivity index is 1.24. The summed E-state index contributed by atoms with van der Waals surface area (Å²) in [6, 6.07) is 21.2. The zero-order valence-corrected chi connectivity index (χ0v) is 29.2. The second kappa shape index (κ2) is 15.1. The summed E-state index contributed by atoms with van der Waals surface area (Å²) in [7, 11) is 0. The molecule has 1 aliphatic heterocycles. The van der Waals surface area contributed by atoms with Crippen molar-refractivity contribution in [3.63, 3.8) is 0 Å². The van der Waals surface area contributed by atoms with Gasteiger partial charge in [0.15, 0.2) is 0 Å². The van der Waals surface area contributed by atoms with Crippen molar-refractivity contribution in [3.05, 3.63) is 88.3 Å². The summed E-state index contributed by atoms with van der Waals surface area (Å²) in [6.07, 6.45) is 1.89. The van der Waals surface area contributed by atoms with Crippen molar-refractivity contribution in [2.75, 3.05) is 19.7 Å². The van der Waals surface area contributed by atoms with Gasteiger partial charge in [-0.2, -0.15) is 0 Å². The highest BCUT2D eigenvalue weighted by Gasteiger charge is 2.28. The van der Waals surface area contributed by atoms with Gasteiger partial charge in [-0.1, -0.05) is 42.3 Å². The number of amides is 1. The maximum atomic E-state index is 12.5. The molecular formula is C40H45NO5S. The van der Waals surface area contributed by atoms with Crippen molar-refractivity contribution < 1.29 is 23.8 Å². The van der Waals surface area contributed by atoms with Gasteiger partial charge in [-0.05, 0) is 118 Å². The molecule has 0 saturated carbocycles. The Hall–Kier alpha value is -4.28. The highest BCUT2D eigenvalue weighted by Crippen LogP contribution is 2.38. The molecule has 1 aromatic heterocycles. The normalized spacial score (nSPS) is 14.3. The number of carbonyl (C=O) groups excluding carboxylic acids is 2. The molecule has 2 heterocycles. The van der Waals surface area contributed by atoms with Crippen LogP contribution in [0.4, 0.5) is 4.79 Å². The van der Waals surface area contributed by atoms with Crippen molar-refractivity contribution in [3.8, 4) is 28.7 Å². The van der Waals surface area contributed by atoms with E-state index < -0.39 is 5.60 Å². The number of piperidine rings is 1. The minimum Gasteiger partial charge on any atom is -0.489 e. The Morgan fingerprint density at radius 3 is 2.40 bits per heavy atom. The monoisotopic (exact) mass is 651 g/mol. The summed E-state index contributed by atoms with van der Waals surface area (Å²) in [5.74, 6) is 6.81. The van der Waals surface area contributed by atoms with Gasteiger partial charge in [-0.25, -0.2) is 4.79 Å². The predicted octanol–water partition coefficient (Wildman–Crippen LogP) is 9.63. The van der Waals surface area contributed by atoms with E-state index in [0.717, 1.165) is 29.7 Å². The molecule has 1 amide bonds. The van der Waals surface area contributed by atoms with Gasteiger partial charge >= 0.3 is 12.1 Å². The molecule has 4 aromatic rings. The number of esters is 1. The fourth-order valence-electron chi connectivity index (χ4n) is 6.12. The van der Waals surface area contributed by atoms with Crippen LogP contribution in [0.25, 0.3) is 21.2 Å². The number of thiophene rings is 1. The van der Waals surface area contributed by atoms with E-state index in [-0.39, 0.29) is 24.4 Å². The number of carbonyl (C=O) groups is 2. The lowest BCUT2D eigenvalue weighted by Crippen LogP contribution is -2.41. The lowest BCUT2D eigenvalue weighted by Gasteiger charge is -2.33. The largest absolute Gasteiger partial charge is 0.489 e. The predicted molar refractivity (Wildman–Crippen MR) is 190 cm³/mol. The highest BCUT2D eigenvalue weighted by molar-refractivity contribution is 7.17. The first-order chi connectivity index (χ1) is 22.5. The molecule has 0 radical (unpaired) electrons. The van der Waals surface area contributed by atoms with Gasteiger partial charge in [-0.15, -0.1) is 17.3 Å². The zero-order chi connectivity index (χ0) is 33.6. The van der Waals surface area contributed by atoms with Crippen molar-refractivity contribution in [2.45, 2.75) is 84.8 Å². The fourth-order valence-corrected chi connectivity index (χ4v) is 7.06. The van der Waals surface area contributed by atoms with Crippen LogP contribution in [-0.2, 0) is 20.9 Å². The number of fused-ring (bicyclic) bond motifs is 1. The molecule has 5 rings (SSSR count). The second-order valence-electron chi connectivity index (χ2n) is 13.1. The van der Waals surface area contributed by atoms with E-state index in [4.69, 9.17) is 14.2 Å². The van der Waals surface area contributed by atoms with Crippen LogP contribution < -0.4 is 4.74 Å². The van der Waals surface area contributed by atoms with E-state index in [2.05, 4.69) is 60.5 Å². The maximum Gasteiger partial charge on any atom is 0.410 e. The average Bonchev–Trinajstić information content (AvgIpc) is 3.46. The summed E-state index contributed by atoms with van der Waals surface area (Å²) >= 11 is 1.76. The van der Waals surface area contributed by atoms with Gasteiger partial charge in [0.1, 0.15) is 18.0 Å². The topological polar surface area (TPSA) is 65.1 Å². The van der Waals surface area contributed by atoms with Crippen molar-refractivity contribution in [2.24, 2.45) is 0 Å². The number of hydrogen-bond donors (Lipinski definition) is 0. The Morgan fingerprint density at radius 1 is 1.00 bits per heavy atom. The van der Waals surface area contributed by atoms with E-state index in [1.54, 1.807) is 18.3 Å². The molecule has 0 unspecified atom stereocenters. The summed E-state index contributed by atoms with van der Waals surface area (Å²) in [5.41, 5.74) is 6.67. The molecule has 0 spiro atoms. The molecule has 1 fully saturated rings. The molecule has 246 valence electrons. The van der Waals surface area contributed by atoms with E-state index >= 15 is 0 Å². The number of aryl methyl sites for hydroxylation is 1. The molecule has 1 saturated heterocycles. The van der Waals surface area contributed by atoms with Gasteiger partial charge in [0.05, 0.1) is 18.9 Å². The first kappa shape index (κ1) is 34.1. The van der Waals surface area contributed by atoms with Gasteiger partial charge in [0.2, 0.25) is 0 Å². The molecule has 6 nitrogen and oxygen atoms in total. The minimum absolute atomic E-state index is 0.206. The van der Waals surface area contributed by atoms with E-state index in [0.29, 0.717) is 32.2 Å². The minimum atomic E-state index is -0.477. The molecule has 7 heteroatoms. The fraction of sp³-hybridized carbons (Fsp3) is 0.400. The molecule has 47 heavy (non-hydrogen) atoms. The third-order valence-corrected chi connectivity index (χ3v) is 9.44. The number of nitrogens with zero attached hydrogens (tertiary/aromatic N) is 1. The molecule has 3 aromatic carbocycles. The molecule has 1 aliphatic rings. The van der Waals surface area contributed by atoms with Gasteiger partial charge in [0.25, 0.3) is 0 Å². The van der Waals surface area contributed by atoms with Crippen LogP contribution >= 0.6 is 11.3 Å². The van der Waals surface area contributed by atoms with Crippen LogP contribution in [-0.4, -0.2) is 42.3 Å². The quantitative estimate of drug-likeness (QED) is 0.133. The Morgan fingerprint density at radius 2 is 1.74 bits per heavy atom. The molecule has 0 N–H and O–H groups in total. The van der Waals surface area contributed by atoms with Crippen LogP contribution in [0.5, 0.6) is 5.75 Å². The van der Waals surface area contributed by atoms with Gasteiger partial charge in [-0.3, -0.25) is 4.79 Å². The first-order valence-corrected chi connectivity index (χ1v) is 17.3. The zero-order valence-electron chi connectivity index (χ0n) is 28.4. The van der Waals surface area contributed by atoms with Crippen LogP contribution in [0.2, 0.25) is 0 Å². The lowest BCUT2D eigenvalue weighted by molar-refractivity contribution is -0.143. The van der Waals surface area contributed by atoms with Crippen LogP contribution in [0.1, 0.15) is 88.0 Å². The molecule has 0 aliphatic carbocycles. The summed E-state index contributed by atoms with van der Waals surface area (Å²) in [6.45, 7) is 13.7. The van der Waals surface area contributed by atoms with Crippen LogP contribution in [0.3, 0.4) is 0 Å². The third kappa shape index (κ3) is 8.75. The molecule has 1 atom stereocenters. The second-order valence-corrected chi connectivity index (χ2v) is 14.0. The Kier molecular flexibility index (Phi) is 10.9. The van der Waals surface area contributed by atoms with Crippen molar-refractivity contribution in [1.29, 1.82) is 0 Å². The Labute approximate surface area is 283 Å². The van der Waals surface area contributed by atoms with Gasteiger partial charge < -0.3 is 19.1 Å².